The molecule has 4 nitrogen and oxygen atoms in total. The number of alkyl halides is 3. The zero-order chi connectivity index (χ0) is 12.2. The van der Waals surface area contributed by atoms with E-state index in [4.69, 9.17) is 5.84 Å². The van der Waals surface area contributed by atoms with Crippen LogP contribution in [0.1, 0.15) is 5.69 Å². The maximum Gasteiger partial charge on any atom is 0.401 e. The predicted molar refractivity (Wildman–Crippen MR) is 54.4 cm³/mol. The van der Waals surface area contributed by atoms with E-state index < -0.39 is 12.7 Å². The van der Waals surface area contributed by atoms with Crippen molar-refractivity contribution in [1.82, 2.24) is 9.88 Å². The van der Waals surface area contributed by atoms with E-state index in [0.717, 1.165) is 4.90 Å². The van der Waals surface area contributed by atoms with Crippen LogP contribution in [0.25, 0.3) is 0 Å². The van der Waals surface area contributed by atoms with Crippen LogP contribution in [0.4, 0.5) is 18.9 Å². The molecule has 0 aromatic carbocycles. The molecule has 1 aromatic rings. The molecule has 0 saturated carbocycles. The Morgan fingerprint density at radius 3 is 2.75 bits per heavy atom. The molecule has 1 heterocycles. The van der Waals surface area contributed by atoms with Crippen LogP contribution >= 0.6 is 0 Å². The van der Waals surface area contributed by atoms with Crippen LogP contribution in [0.3, 0.4) is 0 Å². The monoisotopic (exact) mass is 234 g/mol. The molecule has 0 amide bonds. The Morgan fingerprint density at radius 1 is 1.50 bits per heavy atom. The van der Waals surface area contributed by atoms with Crippen LogP contribution in [0.5, 0.6) is 0 Å². The zero-order valence-electron chi connectivity index (χ0n) is 8.75. The Hall–Kier alpha value is -1.34. The second-order valence-electron chi connectivity index (χ2n) is 3.47. The van der Waals surface area contributed by atoms with Crippen LogP contribution in [0.2, 0.25) is 0 Å². The summed E-state index contributed by atoms with van der Waals surface area (Å²) in [7, 11) is 1.39. The summed E-state index contributed by atoms with van der Waals surface area (Å²) >= 11 is 0. The Balaban J connectivity index is 2.59. The van der Waals surface area contributed by atoms with Crippen molar-refractivity contribution in [3.05, 3.63) is 24.0 Å². The number of aromatic nitrogens is 1. The highest BCUT2D eigenvalue weighted by Crippen LogP contribution is 2.17. The number of nitrogen functional groups attached to an aromatic ring is 1. The second-order valence-corrected chi connectivity index (χ2v) is 3.47. The second kappa shape index (κ2) is 5.13. The molecule has 0 unspecified atom stereocenters. The Morgan fingerprint density at radius 2 is 2.19 bits per heavy atom. The molecule has 16 heavy (non-hydrogen) atoms. The summed E-state index contributed by atoms with van der Waals surface area (Å²) in [5, 5.41) is 0. The SMILES string of the molecule is CN(Cc1cc(NN)ccn1)CC(F)(F)F. The summed E-state index contributed by atoms with van der Waals surface area (Å²) in [4.78, 5) is 5.09. The smallest absolute Gasteiger partial charge is 0.324 e. The highest BCUT2D eigenvalue weighted by Gasteiger charge is 2.29. The third kappa shape index (κ3) is 4.45. The maximum atomic E-state index is 12.1. The summed E-state index contributed by atoms with van der Waals surface area (Å²) in [6.45, 7) is -0.843. The van der Waals surface area contributed by atoms with Gasteiger partial charge in [0.05, 0.1) is 17.9 Å². The van der Waals surface area contributed by atoms with Gasteiger partial charge in [0.25, 0.3) is 0 Å². The average Bonchev–Trinajstić information content (AvgIpc) is 2.15. The minimum atomic E-state index is -4.20. The van der Waals surface area contributed by atoms with E-state index in [1.165, 1.54) is 13.2 Å². The first-order chi connectivity index (χ1) is 7.40. The topological polar surface area (TPSA) is 54.2 Å². The largest absolute Gasteiger partial charge is 0.401 e. The van der Waals surface area contributed by atoms with Gasteiger partial charge in [-0.25, -0.2) is 0 Å². The average molecular weight is 234 g/mol. The molecule has 7 heteroatoms. The number of anilines is 1. The molecule has 0 spiro atoms. The number of nitrogens with zero attached hydrogens (tertiary/aromatic N) is 2. The molecule has 0 aliphatic carbocycles. The summed E-state index contributed by atoms with van der Waals surface area (Å²) in [5.41, 5.74) is 3.55. The van der Waals surface area contributed by atoms with Gasteiger partial charge in [-0.2, -0.15) is 13.2 Å². The van der Waals surface area contributed by atoms with E-state index in [0.29, 0.717) is 11.4 Å². The van der Waals surface area contributed by atoms with Gasteiger partial charge in [0.15, 0.2) is 0 Å². The van der Waals surface area contributed by atoms with Gasteiger partial charge in [-0.1, -0.05) is 0 Å². The number of hydrogen-bond acceptors (Lipinski definition) is 4. The molecule has 3 N–H and O–H groups in total. The van der Waals surface area contributed by atoms with Crippen molar-refractivity contribution in [2.75, 3.05) is 19.0 Å². The standard InChI is InChI=1S/C9H13F3N4/c1-16(6-9(10,11)12)5-8-4-7(15-13)2-3-14-8/h2-4H,5-6,13H2,1H3,(H,14,15). The Bertz CT molecular complexity index is 340. The van der Waals surface area contributed by atoms with Gasteiger partial charge in [-0.3, -0.25) is 15.7 Å². The maximum absolute atomic E-state index is 12.1. The van der Waals surface area contributed by atoms with Gasteiger partial charge in [0.1, 0.15) is 0 Å². The van der Waals surface area contributed by atoms with Crippen molar-refractivity contribution < 1.29 is 13.2 Å². The van der Waals surface area contributed by atoms with Crippen LogP contribution in [-0.4, -0.2) is 29.7 Å². The first-order valence-electron chi connectivity index (χ1n) is 4.57. The van der Waals surface area contributed by atoms with Crippen LogP contribution in [0, 0.1) is 0 Å². The normalized spacial score (nSPS) is 11.9. The van der Waals surface area contributed by atoms with Crippen molar-refractivity contribution in [2.45, 2.75) is 12.7 Å². The van der Waals surface area contributed by atoms with Crippen molar-refractivity contribution in [1.29, 1.82) is 0 Å². The number of nitrogens with one attached hydrogen (secondary N) is 1. The van der Waals surface area contributed by atoms with Gasteiger partial charge >= 0.3 is 6.18 Å². The van der Waals surface area contributed by atoms with Crippen molar-refractivity contribution in [3.63, 3.8) is 0 Å². The number of hydrazine groups is 1. The fourth-order valence-corrected chi connectivity index (χ4v) is 1.29. The van der Waals surface area contributed by atoms with Crippen LogP contribution in [0.15, 0.2) is 18.3 Å². The van der Waals surface area contributed by atoms with Crippen LogP contribution < -0.4 is 11.3 Å². The first-order valence-corrected chi connectivity index (χ1v) is 4.57. The summed E-state index contributed by atoms with van der Waals surface area (Å²) < 4.78 is 36.2. The summed E-state index contributed by atoms with van der Waals surface area (Å²) in [6, 6.07) is 3.24. The lowest BCUT2D eigenvalue weighted by Crippen LogP contribution is -2.30. The Kier molecular flexibility index (Phi) is 4.08. The molecule has 1 aromatic heterocycles. The highest BCUT2D eigenvalue weighted by atomic mass is 19.4. The fourth-order valence-electron chi connectivity index (χ4n) is 1.29. The molecular weight excluding hydrogens is 221 g/mol. The predicted octanol–water partition coefficient (Wildman–Crippen LogP) is 1.36. The van der Waals surface area contributed by atoms with E-state index in [2.05, 4.69) is 10.4 Å². The fraction of sp³-hybridized carbons (Fsp3) is 0.444. The number of nitrogens with two attached hydrogens (primary N) is 1. The van der Waals surface area contributed by atoms with Crippen molar-refractivity contribution in [2.24, 2.45) is 5.84 Å². The Labute approximate surface area is 91.2 Å². The quantitative estimate of drug-likeness (QED) is 0.610. The number of halogens is 3. The molecule has 0 aliphatic heterocycles. The summed E-state index contributed by atoms with van der Waals surface area (Å²) in [6.07, 6.45) is -2.70. The molecule has 0 aliphatic rings. The van der Waals surface area contributed by atoms with E-state index >= 15 is 0 Å². The molecule has 0 atom stereocenters. The highest BCUT2D eigenvalue weighted by molar-refractivity contribution is 5.41. The molecule has 0 saturated heterocycles. The van der Waals surface area contributed by atoms with E-state index in [1.807, 2.05) is 0 Å². The lowest BCUT2D eigenvalue weighted by Gasteiger charge is -2.18. The van der Waals surface area contributed by atoms with Gasteiger partial charge in [-0.05, 0) is 19.2 Å². The van der Waals surface area contributed by atoms with Gasteiger partial charge in [0, 0.05) is 12.7 Å². The van der Waals surface area contributed by atoms with Crippen molar-refractivity contribution >= 4 is 5.69 Å². The van der Waals surface area contributed by atoms with E-state index in [1.54, 1.807) is 12.1 Å². The molecular formula is C9H13F3N4. The zero-order valence-corrected chi connectivity index (χ0v) is 8.75. The van der Waals surface area contributed by atoms with Crippen LogP contribution in [-0.2, 0) is 6.54 Å². The first kappa shape index (κ1) is 12.7. The number of rotatable bonds is 4. The van der Waals surface area contributed by atoms with Gasteiger partial charge in [-0.15, -0.1) is 0 Å². The van der Waals surface area contributed by atoms with Gasteiger partial charge in [0.2, 0.25) is 0 Å². The minimum Gasteiger partial charge on any atom is -0.324 e. The minimum absolute atomic E-state index is 0.120. The molecule has 90 valence electrons. The third-order valence-electron chi connectivity index (χ3n) is 1.86. The lowest BCUT2D eigenvalue weighted by atomic mass is 10.3. The molecule has 0 radical (unpaired) electrons. The number of pyridine rings is 1. The third-order valence-corrected chi connectivity index (χ3v) is 1.86. The van der Waals surface area contributed by atoms with Crippen molar-refractivity contribution in [3.8, 4) is 0 Å². The molecule has 1 rings (SSSR count). The van der Waals surface area contributed by atoms with E-state index in [9.17, 15) is 13.2 Å². The lowest BCUT2D eigenvalue weighted by molar-refractivity contribution is -0.144. The summed E-state index contributed by atoms with van der Waals surface area (Å²) in [5.74, 6) is 5.18. The molecule has 0 bridgehead atoms. The molecule has 0 fully saturated rings. The number of hydrogen-bond donors (Lipinski definition) is 2. The van der Waals surface area contributed by atoms with E-state index in [-0.39, 0.29) is 6.54 Å². The van der Waals surface area contributed by atoms with Gasteiger partial charge < -0.3 is 5.43 Å².